The van der Waals surface area contributed by atoms with Gasteiger partial charge in [0, 0.05) is 37.0 Å². The minimum absolute atomic E-state index is 0.0871. The highest BCUT2D eigenvalue weighted by Crippen LogP contribution is 2.22. The van der Waals surface area contributed by atoms with Crippen LogP contribution in [0.1, 0.15) is 11.1 Å². The highest BCUT2D eigenvalue weighted by atomic mass is 35.5. The number of anilines is 2. The average Bonchev–Trinajstić information content (AvgIpc) is 2.64. The van der Waals surface area contributed by atoms with Gasteiger partial charge in [0.2, 0.25) is 11.8 Å². The first-order valence-corrected chi connectivity index (χ1v) is 9.40. The minimum atomic E-state index is -0.291. The van der Waals surface area contributed by atoms with Gasteiger partial charge in [0.25, 0.3) is 0 Å². The van der Waals surface area contributed by atoms with Gasteiger partial charge in [-0.2, -0.15) is 0 Å². The summed E-state index contributed by atoms with van der Waals surface area (Å²) in [7, 11) is 5.86. The molecule has 0 bridgehead atoms. The highest BCUT2D eigenvalue weighted by molar-refractivity contribution is 6.31. The first-order chi connectivity index (χ1) is 13.3. The van der Waals surface area contributed by atoms with Crippen LogP contribution in [0, 0.1) is 6.92 Å². The maximum absolute atomic E-state index is 12.1. The number of nitrogens with one attached hydrogen (secondary N) is 2. The van der Waals surface area contributed by atoms with Crippen molar-refractivity contribution in [2.45, 2.75) is 13.5 Å². The van der Waals surface area contributed by atoms with Gasteiger partial charge in [-0.05, 0) is 49.4 Å². The summed E-state index contributed by atoms with van der Waals surface area (Å²) in [4.78, 5) is 28.1. The number of carbonyl (C=O) groups excluding carboxylic acids is 2. The molecule has 28 heavy (non-hydrogen) atoms. The molecular weight excluding hydrogens is 376 g/mol. The van der Waals surface area contributed by atoms with Crippen LogP contribution >= 0.6 is 11.6 Å². The topological polar surface area (TPSA) is 64.7 Å². The van der Waals surface area contributed by atoms with E-state index >= 15 is 0 Å². The van der Waals surface area contributed by atoms with Crippen molar-refractivity contribution < 1.29 is 9.59 Å². The molecule has 2 aromatic carbocycles. The first kappa shape index (κ1) is 21.7. The van der Waals surface area contributed by atoms with Crippen molar-refractivity contribution in [3.63, 3.8) is 0 Å². The maximum atomic E-state index is 12.1. The van der Waals surface area contributed by atoms with E-state index in [9.17, 15) is 9.59 Å². The molecule has 0 heterocycles. The number of hydrogen-bond acceptors (Lipinski definition) is 4. The quantitative estimate of drug-likeness (QED) is 0.712. The van der Waals surface area contributed by atoms with Crippen molar-refractivity contribution in [2.24, 2.45) is 0 Å². The Morgan fingerprint density at radius 1 is 1.00 bits per heavy atom. The molecule has 0 aliphatic heterocycles. The molecule has 7 heteroatoms. The third kappa shape index (κ3) is 6.55. The van der Waals surface area contributed by atoms with E-state index in [1.54, 1.807) is 18.2 Å². The summed E-state index contributed by atoms with van der Waals surface area (Å²) in [6.45, 7) is 2.60. The van der Waals surface area contributed by atoms with Crippen LogP contribution in [0.25, 0.3) is 0 Å². The number of nitrogens with zero attached hydrogens (tertiary/aromatic N) is 2. The van der Waals surface area contributed by atoms with Crippen molar-refractivity contribution in [1.82, 2.24) is 10.2 Å². The largest absolute Gasteiger partial charge is 0.378 e. The van der Waals surface area contributed by atoms with E-state index in [1.807, 2.05) is 62.1 Å². The van der Waals surface area contributed by atoms with Crippen LogP contribution in [-0.4, -0.2) is 50.9 Å². The number of rotatable bonds is 8. The molecule has 0 fully saturated rings. The van der Waals surface area contributed by atoms with E-state index in [0.717, 1.165) is 16.8 Å². The van der Waals surface area contributed by atoms with Gasteiger partial charge in [-0.3, -0.25) is 14.5 Å². The van der Waals surface area contributed by atoms with Crippen LogP contribution < -0.4 is 15.5 Å². The van der Waals surface area contributed by atoms with Gasteiger partial charge in [-0.1, -0.05) is 29.8 Å². The van der Waals surface area contributed by atoms with E-state index in [0.29, 0.717) is 17.3 Å². The maximum Gasteiger partial charge on any atom is 0.243 e. The Hall–Kier alpha value is -2.57. The van der Waals surface area contributed by atoms with Crippen molar-refractivity contribution in [3.05, 3.63) is 58.6 Å². The molecule has 0 aliphatic rings. The summed E-state index contributed by atoms with van der Waals surface area (Å²) >= 11 is 6.04. The molecule has 0 saturated carbocycles. The molecule has 0 radical (unpaired) electrons. The van der Waals surface area contributed by atoms with Crippen LogP contribution in [0.4, 0.5) is 11.4 Å². The summed E-state index contributed by atoms with van der Waals surface area (Å²) in [5.41, 5.74) is 3.69. The Kier molecular flexibility index (Phi) is 7.84. The van der Waals surface area contributed by atoms with Gasteiger partial charge in [-0.15, -0.1) is 0 Å². The monoisotopic (exact) mass is 402 g/mol. The fourth-order valence-electron chi connectivity index (χ4n) is 2.68. The molecule has 150 valence electrons. The van der Waals surface area contributed by atoms with Gasteiger partial charge < -0.3 is 15.5 Å². The number of amides is 2. The Labute approximate surface area is 171 Å². The lowest BCUT2D eigenvalue weighted by molar-refractivity contribution is -0.124. The van der Waals surface area contributed by atoms with Gasteiger partial charge in [-0.25, -0.2) is 0 Å². The van der Waals surface area contributed by atoms with Crippen molar-refractivity contribution in [3.8, 4) is 0 Å². The average molecular weight is 403 g/mol. The molecular formula is C21H27ClN4O2. The summed E-state index contributed by atoms with van der Waals surface area (Å²) in [5.74, 6) is -0.494. The number of hydrogen-bond donors (Lipinski definition) is 2. The van der Waals surface area contributed by atoms with Gasteiger partial charge in [0.05, 0.1) is 13.1 Å². The standard InChI is InChI=1S/C21H27ClN4O2/c1-15-18(22)6-5-7-19(15)24-20(27)12-23-21(28)14-26(4)13-16-8-10-17(11-9-16)25(2)3/h5-11H,12-14H2,1-4H3,(H,23,28)(H,24,27). The molecule has 0 unspecified atom stereocenters. The molecule has 0 spiro atoms. The molecule has 2 amide bonds. The van der Waals surface area contributed by atoms with Crippen molar-refractivity contribution in [2.75, 3.05) is 44.4 Å². The van der Waals surface area contributed by atoms with E-state index in [-0.39, 0.29) is 24.9 Å². The van der Waals surface area contributed by atoms with E-state index in [4.69, 9.17) is 11.6 Å². The fraction of sp³-hybridized carbons (Fsp3) is 0.333. The summed E-state index contributed by atoms with van der Waals surface area (Å²) in [6, 6.07) is 13.5. The van der Waals surface area contributed by atoms with Gasteiger partial charge >= 0.3 is 0 Å². The predicted molar refractivity (Wildman–Crippen MR) is 115 cm³/mol. The zero-order chi connectivity index (χ0) is 20.7. The lowest BCUT2D eigenvalue weighted by Crippen LogP contribution is -2.39. The SMILES string of the molecule is Cc1c(Cl)cccc1NC(=O)CNC(=O)CN(C)Cc1ccc(N(C)C)cc1. The fourth-order valence-corrected chi connectivity index (χ4v) is 2.86. The van der Waals surface area contributed by atoms with Crippen molar-refractivity contribution >= 4 is 34.8 Å². The van der Waals surface area contributed by atoms with Crippen LogP contribution in [0.2, 0.25) is 5.02 Å². The van der Waals surface area contributed by atoms with Gasteiger partial charge in [0.15, 0.2) is 0 Å². The van der Waals surface area contributed by atoms with E-state index in [2.05, 4.69) is 10.6 Å². The second-order valence-corrected chi connectivity index (χ2v) is 7.38. The number of likely N-dealkylation sites (N-methyl/N-ethyl adjacent to an activating group) is 1. The molecule has 0 aliphatic carbocycles. The minimum Gasteiger partial charge on any atom is -0.378 e. The predicted octanol–water partition coefficient (Wildman–Crippen LogP) is 2.90. The smallest absolute Gasteiger partial charge is 0.243 e. The summed E-state index contributed by atoms with van der Waals surface area (Å²) in [6.07, 6.45) is 0. The zero-order valence-corrected chi connectivity index (χ0v) is 17.5. The molecule has 2 aromatic rings. The lowest BCUT2D eigenvalue weighted by Gasteiger charge is -2.18. The van der Waals surface area contributed by atoms with E-state index < -0.39 is 0 Å². The second kappa shape index (κ2) is 10.1. The Morgan fingerprint density at radius 2 is 1.68 bits per heavy atom. The van der Waals surface area contributed by atoms with Crippen LogP contribution in [-0.2, 0) is 16.1 Å². The van der Waals surface area contributed by atoms with Crippen LogP contribution in [0.15, 0.2) is 42.5 Å². The van der Waals surface area contributed by atoms with Gasteiger partial charge in [0.1, 0.15) is 0 Å². The first-order valence-electron chi connectivity index (χ1n) is 9.02. The molecule has 0 aromatic heterocycles. The molecule has 6 nitrogen and oxygen atoms in total. The normalized spacial score (nSPS) is 10.6. The number of halogens is 1. The molecule has 2 rings (SSSR count). The summed E-state index contributed by atoms with van der Waals surface area (Å²) < 4.78 is 0. The third-order valence-corrected chi connectivity index (χ3v) is 4.72. The van der Waals surface area contributed by atoms with Crippen LogP contribution in [0.3, 0.4) is 0 Å². The Morgan fingerprint density at radius 3 is 2.32 bits per heavy atom. The molecule has 2 N–H and O–H groups in total. The zero-order valence-electron chi connectivity index (χ0n) is 16.8. The number of benzene rings is 2. The Balaban J connectivity index is 1.76. The Bertz CT molecular complexity index is 822. The third-order valence-electron chi connectivity index (χ3n) is 4.31. The lowest BCUT2D eigenvalue weighted by atomic mass is 10.2. The number of carbonyl (C=O) groups is 2. The molecule has 0 atom stereocenters. The van der Waals surface area contributed by atoms with E-state index in [1.165, 1.54) is 0 Å². The highest BCUT2D eigenvalue weighted by Gasteiger charge is 2.11. The summed E-state index contributed by atoms with van der Waals surface area (Å²) in [5, 5.41) is 5.99. The molecule has 0 saturated heterocycles. The second-order valence-electron chi connectivity index (χ2n) is 6.97. The van der Waals surface area contributed by atoms with Crippen molar-refractivity contribution in [1.29, 1.82) is 0 Å². The van der Waals surface area contributed by atoms with Crippen LogP contribution in [0.5, 0.6) is 0 Å².